The van der Waals surface area contributed by atoms with Gasteiger partial charge in [-0.2, -0.15) is 0 Å². The molecule has 0 aliphatic rings. The van der Waals surface area contributed by atoms with E-state index in [1.807, 2.05) is 6.92 Å². The van der Waals surface area contributed by atoms with Crippen LogP contribution in [0.25, 0.3) is 0 Å². The number of benzene rings is 1. The molecule has 0 atom stereocenters. The summed E-state index contributed by atoms with van der Waals surface area (Å²) >= 11 is 3.30. The molecule has 0 aliphatic heterocycles. The summed E-state index contributed by atoms with van der Waals surface area (Å²) in [7, 11) is -3.60. The van der Waals surface area contributed by atoms with Crippen molar-refractivity contribution in [1.82, 2.24) is 4.72 Å². The molecule has 1 aromatic rings. The molecule has 0 bridgehead atoms. The van der Waals surface area contributed by atoms with Crippen molar-refractivity contribution in [3.05, 3.63) is 27.7 Å². The lowest BCUT2D eigenvalue weighted by Crippen LogP contribution is -2.28. The summed E-state index contributed by atoms with van der Waals surface area (Å²) in [6, 6.07) is 3.18. The first-order chi connectivity index (χ1) is 8.92. The van der Waals surface area contributed by atoms with Crippen molar-refractivity contribution in [3.63, 3.8) is 0 Å². The second-order valence-corrected chi connectivity index (χ2v) is 6.54. The maximum atomic E-state index is 12.2. The third-order valence-corrected chi connectivity index (χ3v) is 4.98. The van der Waals surface area contributed by atoms with Crippen LogP contribution in [-0.2, 0) is 21.4 Å². The van der Waals surface area contributed by atoms with Crippen molar-refractivity contribution in [1.29, 1.82) is 0 Å². The minimum absolute atomic E-state index is 0.169. The van der Waals surface area contributed by atoms with Crippen LogP contribution in [0.3, 0.4) is 0 Å². The molecule has 0 aliphatic carbocycles. The predicted octanol–water partition coefficient (Wildman–Crippen LogP) is 1.56. The Kier molecular flexibility index (Phi) is 6.41. The van der Waals surface area contributed by atoms with Crippen molar-refractivity contribution in [3.8, 4) is 0 Å². The summed E-state index contributed by atoms with van der Waals surface area (Å²) < 4.78 is 32.6. The van der Waals surface area contributed by atoms with Gasteiger partial charge in [-0.05, 0) is 37.1 Å². The molecule has 0 radical (unpaired) electrons. The molecule has 2 N–H and O–H groups in total. The van der Waals surface area contributed by atoms with E-state index in [0.717, 1.165) is 0 Å². The predicted molar refractivity (Wildman–Crippen MR) is 76.5 cm³/mol. The van der Waals surface area contributed by atoms with Crippen molar-refractivity contribution < 1.29 is 18.3 Å². The van der Waals surface area contributed by atoms with Crippen LogP contribution in [0.5, 0.6) is 0 Å². The van der Waals surface area contributed by atoms with Crippen molar-refractivity contribution >= 4 is 26.0 Å². The number of hydrogen-bond donors (Lipinski definition) is 2. The number of hydrogen-bond acceptors (Lipinski definition) is 4. The van der Waals surface area contributed by atoms with E-state index >= 15 is 0 Å². The lowest BCUT2D eigenvalue weighted by Gasteiger charge is -2.12. The highest BCUT2D eigenvalue weighted by Crippen LogP contribution is 2.25. The fraction of sp³-hybridized carbons (Fsp3) is 0.500. The van der Waals surface area contributed by atoms with Crippen LogP contribution >= 0.6 is 15.9 Å². The lowest BCUT2D eigenvalue weighted by atomic mass is 10.2. The quantitative estimate of drug-likeness (QED) is 0.731. The summed E-state index contributed by atoms with van der Waals surface area (Å²) in [6.45, 7) is 4.45. The van der Waals surface area contributed by atoms with Gasteiger partial charge in [-0.3, -0.25) is 0 Å². The Hall–Kier alpha value is -0.470. The van der Waals surface area contributed by atoms with E-state index in [1.165, 1.54) is 6.07 Å². The van der Waals surface area contributed by atoms with Gasteiger partial charge in [0, 0.05) is 17.6 Å². The first kappa shape index (κ1) is 16.6. The van der Waals surface area contributed by atoms with E-state index in [1.54, 1.807) is 13.0 Å². The molecule has 19 heavy (non-hydrogen) atoms. The molecular weight excluding hydrogens is 334 g/mol. The molecule has 0 fully saturated rings. The van der Waals surface area contributed by atoms with Gasteiger partial charge in [-0.15, -0.1) is 0 Å². The molecule has 5 nitrogen and oxygen atoms in total. The van der Waals surface area contributed by atoms with Crippen LogP contribution < -0.4 is 4.72 Å². The fourth-order valence-corrected chi connectivity index (χ4v) is 3.51. The van der Waals surface area contributed by atoms with Gasteiger partial charge < -0.3 is 9.84 Å². The number of aliphatic hydroxyl groups is 1. The summed E-state index contributed by atoms with van der Waals surface area (Å²) in [5, 5.41) is 9.13. The maximum absolute atomic E-state index is 12.2. The van der Waals surface area contributed by atoms with E-state index in [0.29, 0.717) is 28.8 Å². The summed E-state index contributed by atoms with van der Waals surface area (Å²) in [6.07, 6.45) is 0. The molecule has 0 saturated carbocycles. The number of sulfonamides is 1. The van der Waals surface area contributed by atoms with Crippen LogP contribution in [0, 0.1) is 6.92 Å². The SMILES string of the molecule is CCOCCNS(=O)(=O)c1cc(CO)cc(Br)c1C. The molecule has 0 amide bonds. The van der Waals surface area contributed by atoms with Gasteiger partial charge in [0.25, 0.3) is 0 Å². The highest BCUT2D eigenvalue weighted by molar-refractivity contribution is 9.10. The zero-order chi connectivity index (χ0) is 14.5. The minimum Gasteiger partial charge on any atom is -0.392 e. The number of ether oxygens (including phenoxy) is 1. The number of aliphatic hydroxyl groups excluding tert-OH is 1. The van der Waals surface area contributed by atoms with Crippen LogP contribution in [-0.4, -0.2) is 33.3 Å². The fourth-order valence-electron chi connectivity index (χ4n) is 1.55. The van der Waals surface area contributed by atoms with Crippen LogP contribution in [0.15, 0.2) is 21.5 Å². The average molecular weight is 352 g/mol. The Labute approximate surface area is 122 Å². The van der Waals surface area contributed by atoms with Crippen LogP contribution in [0.4, 0.5) is 0 Å². The van der Waals surface area contributed by atoms with Crippen LogP contribution in [0.1, 0.15) is 18.1 Å². The first-order valence-electron chi connectivity index (χ1n) is 5.89. The highest BCUT2D eigenvalue weighted by atomic mass is 79.9. The minimum atomic E-state index is -3.60. The molecule has 0 saturated heterocycles. The van der Waals surface area contributed by atoms with Gasteiger partial charge in [0.1, 0.15) is 0 Å². The summed E-state index contributed by atoms with van der Waals surface area (Å²) in [5.74, 6) is 0. The van der Waals surface area contributed by atoms with Gasteiger partial charge in [0.05, 0.1) is 18.1 Å². The molecule has 1 rings (SSSR count). The van der Waals surface area contributed by atoms with E-state index in [2.05, 4.69) is 20.7 Å². The van der Waals surface area contributed by atoms with Crippen LogP contribution in [0.2, 0.25) is 0 Å². The number of nitrogens with one attached hydrogen (secondary N) is 1. The van der Waals surface area contributed by atoms with E-state index < -0.39 is 10.0 Å². The van der Waals surface area contributed by atoms with Gasteiger partial charge in [0.2, 0.25) is 10.0 Å². The molecule has 0 heterocycles. The first-order valence-corrected chi connectivity index (χ1v) is 8.17. The molecule has 0 unspecified atom stereocenters. The van der Waals surface area contributed by atoms with E-state index in [-0.39, 0.29) is 18.0 Å². The van der Waals surface area contributed by atoms with Gasteiger partial charge >= 0.3 is 0 Å². The highest BCUT2D eigenvalue weighted by Gasteiger charge is 2.18. The Balaban J connectivity index is 2.97. The molecule has 7 heteroatoms. The smallest absolute Gasteiger partial charge is 0.240 e. The molecule has 108 valence electrons. The third kappa shape index (κ3) is 4.54. The Morgan fingerprint density at radius 2 is 2.11 bits per heavy atom. The van der Waals surface area contributed by atoms with Gasteiger partial charge in [-0.1, -0.05) is 15.9 Å². The summed E-state index contributed by atoms with van der Waals surface area (Å²) in [4.78, 5) is 0.169. The number of halogens is 1. The zero-order valence-corrected chi connectivity index (χ0v) is 13.3. The Morgan fingerprint density at radius 1 is 1.42 bits per heavy atom. The van der Waals surface area contributed by atoms with E-state index in [9.17, 15) is 8.42 Å². The second kappa shape index (κ2) is 7.35. The molecule has 0 aromatic heterocycles. The summed E-state index contributed by atoms with van der Waals surface area (Å²) in [5.41, 5.74) is 1.16. The Morgan fingerprint density at radius 3 is 2.68 bits per heavy atom. The molecule has 0 spiro atoms. The zero-order valence-electron chi connectivity index (χ0n) is 10.9. The normalized spacial score (nSPS) is 11.8. The monoisotopic (exact) mass is 351 g/mol. The largest absolute Gasteiger partial charge is 0.392 e. The average Bonchev–Trinajstić information content (AvgIpc) is 2.37. The van der Waals surface area contributed by atoms with Crippen molar-refractivity contribution in [2.24, 2.45) is 0 Å². The lowest BCUT2D eigenvalue weighted by molar-refractivity contribution is 0.153. The van der Waals surface area contributed by atoms with Crippen molar-refractivity contribution in [2.45, 2.75) is 25.3 Å². The van der Waals surface area contributed by atoms with Crippen molar-refractivity contribution in [2.75, 3.05) is 19.8 Å². The van der Waals surface area contributed by atoms with E-state index in [4.69, 9.17) is 9.84 Å². The maximum Gasteiger partial charge on any atom is 0.240 e. The Bertz CT molecular complexity index is 531. The molecule has 1 aromatic carbocycles. The topological polar surface area (TPSA) is 75.6 Å². The standard InChI is InChI=1S/C12H18BrNO4S/c1-3-18-5-4-14-19(16,17)12-7-10(8-15)6-11(13)9(12)2/h6-7,14-15H,3-5,8H2,1-2H3. The number of rotatable bonds is 7. The second-order valence-electron chi connectivity index (χ2n) is 3.95. The molecular formula is C12H18BrNO4S. The third-order valence-electron chi connectivity index (χ3n) is 2.57. The van der Waals surface area contributed by atoms with Gasteiger partial charge in [0.15, 0.2) is 0 Å². The van der Waals surface area contributed by atoms with Gasteiger partial charge in [-0.25, -0.2) is 13.1 Å².